The summed E-state index contributed by atoms with van der Waals surface area (Å²) in [7, 11) is 1.70. The van der Waals surface area contributed by atoms with Crippen LogP contribution in [0.2, 0.25) is 0 Å². The molecule has 4 rings (SSSR count). The van der Waals surface area contributed by atoms with Crippen LogP contribution in [0.3, 0.4) is 0 Å². The number of amides is 1. The fourth-order valence-corrected chi connectivity index (χ4v) is 4.44. The molecule has 156 valence electrons. The number of aromatic nitrogens is 4. The number of hydrogen-bond donors (Lipinski definition) is 1. The molecule has 0 saturated carbocycles. The van der Waals surface area contributed by atoms with Gasteiger partial charge in [0.05, 0.1) is 18.6 Å². The predicted molar refractivity (Wildman–Crippen MR) is 119 cm³/mol. The van der Waals surface area contributed by atoms with Crippen molar-refractivity contribution in [1.82, 2.24) is 24.1 Å². The van der Waals surface area contributed by atoms with Gasteiger partial charge in [0.1, 0.15) is 4.70 Å². The molecule has 0 spiro atoms. The minimum absolute atomic E-state index is 0.0698. The maximum atomic E-state index is 12.7. The molecule has 4 aromatic rings. The molecular weight excluding hydrogens is 400 g/mol. The molecule has 0 atom stereocenters. The van der Waals surface area contributed by atoms with Crippen molar-refractivity contribution >= 4 is 38.9 Å². The number of benzene rings is 1. The van der Waals surface area contributed by atoms with Gasteiger partial charge in [0.15, 0.2) is 5.82 Å². The summed E-state index contributed by atoms with van der Waals surface area (Å²) in [6, 6.07) is 9.64. The van der Waals surface area contributed by atoms with Crippen molar-refractivity contribution in [2.75, 3.05) is 18.4 Å². The first-order valence-corrected chi connectivity index (χ1v) is 10.8. The molecule has 0 aliphatic heterocycles. The largest absolute Gasteiger partial charge is 0.325 e. The Morgan fingerprint density at radius 2 is 2.03 bits per heavy atom. The topological polar surface area (TPSA) is 84.5 Å². The van der Waals surface area contributed by atoms with Crippen LogP contribution in [-0.2, 0) is 18.4 Å². The van der Waals surface area contributed by atoms with Crippen LogP contribution in [0.25, 0.3) is 16.0 Å². The predicted octanol–water partition coefficient (Wildman–Crippen LogP) is 2.80. The molecule has 30 heavy (non-hydrogen) atoms. The number of nitrogens with zero attached hydrogens (tertiary/aromatic N) is 5. The molecule has 1 N–H and O–H groups in total. The number of aryl methyl sites for hydroxylation is 2. The number of hydrogen-bond acceptors (Lipinski definition) is 6. The molecule has 3 aromatic heterocycles. The second-order valence-corrected chi connectivity index (χ2v) is 8.24. The summed E-state index contributed by atoms with van der Waals surface area (Å²) in [4.78, 5) is 27.2. The van der Waals surface area contributed by atoms with Gasteiger partial charge in [-0.1, -0.05) is 25.1 Å². The number of thiophene rings is 1. The van der Waals surface area contributed by atoms with E-state index in [1.54, 1.807) is 7.05 Å². The summed E-state index contributed by atoms with van der Waals surface area (Å²) in [5.41, 5.74) is 2.58. The van der Waals surface area contributed by atoms with Crippen molar-refractivity contribution < 1.29 is 4.79 Å². The summed E-state index contributed by atoms with van der Waals surface area (Å²) < 4.78 is 4.10. The fraction of sp³-hybridized carbons (Fsp3) is 0.333. The van der Waals surface area contributed by atoms with Crippen molar-refractivity contribution in [2.24, 2.45) is 7.05 Å². The third-order valence-electron chi connectivity index (χ3n) is 5.09. The number of rotatable bonds is 7. The Morgan fingerprint density at radius 1 is 1.23 bits per heavy atom. The molecule has 0 saturated heterocycles. The standard InChI is InChI=1S/C21H24N6O2S/c1-4-10-26(13-18(28)22-15-8-6-5-7-14(15)2)12-17-23-24-21-25(3)20(29)19-16(27(17)21)9-11-30-19/h5-9,11H,4,10,12-13H2,1-3H3,(H,22,28). The van der Waals surface area contributed by atoms with Crippen LogP contribution in [-0.4, -0.2) is 43.1 Å². The average Bonchev–Trinajstić information content (AvgIpc) is 3.35. The van der Waals surface area contributed by atoms with Crippen LogP contribution < -0.4 is 10.9 Å². The van der Waals surface area contributed by atoms with Crippen molar-refractivity contribution in [3.63, 3.8) is 0 Å². The van der Waals surface area contributed by atoms with Crippen LogP contribution in [0.4, 0.5) is 5.69 Å². The third-order valence-corrected chi connectivity index (χ3v) is 5.98. The van der Waals surface area contributed by atoms with Gasteiger partial charge < -0.3 is 5.32 Å². The van der Waals surface area contributed by atoms with Crippen molar-refractivity contribution in [1.29, 1.82) is 0 Å². The van der Waals surface area contributed by atoms with Gasteiger partial charge in [-0.15, -0.1) is 21.5 Å². The zero-order valence-electron chi connectivity index (χ0n) is 17.3. The Kier molecular flexibility index (Phi) is 5.65. The Bertz CT molecular complexity index is 1270. The maximum absolute atomic E-state index is 12.7. The molecule has 9 heteroatoms. The van der Waals surface area contributed by atoms with Crippen LogP contribution >= 0.6 is 11.3 Å². The SMILES string of the molecule is CCCN(CC(=O)Nc1ccccc1C)Cc1nnc2n(C)c(=O)c3sccc3n12. The van der Waals surface area contributed by atoms with Crippen LogP contribution in [0, 0.1) is 6.92 Å². The number of nitrogens with one attached hydrogen (secondary N) is 1. The average molecular weight is 425 g/mol. The molecule has 0 bridgehead atoms. The second kappa shape index (κ2) is 8.37. The monoisotopic (exact) mass is 424 g/mol. The number of para-hydroxylation sites is 1. The van der Waals surface area contributed by atoms with Gasteiger partial charge in [0.2, 0.25) is 11.7 Å². The lowest BCUT2D eigenvalue weighted by atomic mass is 10.2. The van der Waals surface area contributed by atoms with E-state index in [0.29, 0.717) is 22.8 Å². The van der Waals surface area contributed by atoms with Gasteiger partial charge in [0, 0.05) is 12.7 Å². The van der Waals surface area contributed by atoms with E-state index in [0.717, 1.165) is 29.7 Å². The zero-order chi connectivity index (χ0) is 21.3. The van der Waals surface area contributed by atoms with E-state index < -0.39 is 0 Å². The van der Waals surface area contributed by atoms with Gasteiger partial charge in [-0.2, -0.15) is 0 Å². The highest BCUT2D eigenvalue weighted by Gasteiger charge is 2.19. The summed E-state index contributed by atoms with van der Waals surface area (Å²) in [6.07, 6.45) is 0.904. The van der Waals surface area contributed by atoms with E-state index >= 15 is 0 Å². The molecule has 1 aromatic carbocycles. The number of anilines is 1. The van der Waals surface area contributed by atoms with Gasteiger partial charge in [-0.3, -0.25) is 23.5 Å². The van der Waals surface area contributed by atoms with Crippen LogP contribution in [0.1, 0.15) is 24.7 Å². The number of fused-ring (bicyclic) bond motifs is 3. The van der Waals surface area contributed by atoms with E-state index in [2.05, 4.69) is 22.4 Å². The quantitative estimate of drug-likeness (QED) is 0.493. The van der Waals surface area contributed by atoms with Crippen LogP contribution in [0.15, 0.2) is 40.5 Å². The molecule has 0 aliphatic rings. The van der Waals surface area contributed by atoms with Crippen LogP contribution in [0.5, 0.6) is 0 Å². The van der Waals surface area contributed by atoms with E-state index in [1.165, 1.54) is 15.9 Å². The molecule has 0 aliphatic carbocycles. The van der Waals surface area contributed by atoms with E-state index in [1.807, 2.05) is 51.9 Å². The highest BCUT2D eigenvalue weighted by atomic mass is 32.1. The van der Waals surface area contributed by atoms with E-state index in [-0.39, 0.29) is 18.0 Å². The first-order chi connectivity index (χ1) is 14.5. The van der Waals surface area contributed by atoms with Crippen molar-refractivity contribution in [2.45, 2.75) is 26.8 Å². The molecule has 8 nitrogen and oxygen atoms in total. The minimum Gasteiger partial charge on any atom is -0.325 e. The molecule has 0 radical (unpaired) electrons. The Balaban J connectivity index is 1.61. The summed E-state index contributed by atoms with van der Waals surface area (Å²) in [5, 5.41) is 13.5. The Hall–Kier alpha value is -3.04. The maximum Gasteiger partial charge on any atom is 0.272 e. The zero-order valence-corrected chi connectivity index (χ0v) is 18.1. The lowest BCUT2D eigenvalue weighted by molar-refractivity contribution is -0.117. The van der Waals surface area contributed by atoms with Crippen molar-refractivity contribution in [3.8, 4) is 0 Å². The summed E-state index contributed by atoms with van der Waals surface area (Å²) in [5.74, 6) is 1.14. The number of carbonyl (C=O) groups is 1. The summed E-state index contributed by atoms with van der Waals surface area (Å²) >= 11 is 1.41. The second-order valence-electron chi connectivity index (χ2n) is 7.32. The minimum atomic E-state index is -0.0746. The number of carbonyl (C=O) groups excluding carboxylic acids is 1. The molecule has 0 fully saturated rings. The lowest BCUT2D eigenvalue weighted by Crippen LogP contribution is -2.34. The first-order valence-electron chi connectivity index (χ1n) is 9.87. The molecule has 3 heterocycles. The fourth-order valence-electron chi connectivity index (χ4n) is 3.59. The van der Waals surface area contributed by atoms with Gasteiger partial charge in [0.25, 0.3) is 5.56 Å². The third kappa shape index (κ3) is 3.73. The smallest absolute Gasteiger partial charge is 0.272 e. The van der Waals surface area contributed by atoms with Gasteiger partial charge >= 0.3 is 0 Å². The molecule has 1 amide bonds. The highest BCUT2D eigenvalue weighted by molar-refractivity contribution is 7.17. The normalized spacial score (nSPS) is 11.6. The van der Waals surface area contributed by atoms with Gasteiger partial charge in [-0.05, 0) is 43.0 Å². The summed E-state index contributed by atoms with van der Waals surface area (Å²) in [6.45, 7) is 5.50. The first kappa shape index (κ1) is 20.2. The highest BCUT2D eigenvalue weighted by Crippen LogP contribution is 2.20. The molecular formula is C21H24N6O2S. The van der Waals surface area contributed by atoms with Crippen molar-refractivity contribution in [3.05, 3.63) is 57.5 Å². The lowest BCUT2D eigenvalue weighted by Gasteiger charge is -2.20. The Morgan fingerprint density at radius 3 is 2.80 bits per heavy atom. The van der Waals surface area contributed by atoms with E-state index in [9.17, 15) is 9.59 Å². The molecule has 0 unspecified atom stereocenters. The van der Waals surface area contributed by atoms with E-state index in [4.69, 9.17) is 0 Å². The van der Waals surface area contributed by atoms with Gasteiger partial charge in [-0.25, -0.2) is 0 Å². The Labute approximate surface area is 177 Å².